The lowest BCUT2D eigenvalue weighted by Crippen LogP contribution is -2.05. The molecule has 0 atom stereocenters. The molecule has 1 aromatic carbocycles. The molecule has 0 radical (unpaired) electrons. The summed E-state index contributed by atoms with van der Waals surface area (Å²) in [4.78, 5) is 0. The van der Waals surface area contributed by atoms with E-state index in [9.17, 15) is 12.3 Å². The molecule has 6 heteroatoms. The molecule has 0 aliphatic carbocycles. The smallest absolute Gasteiger partial charge is 0.302 e. The maximum absolute atomic E-state index is 12.1. The van der Waals surface area contributed by atoms with Gasteiger partial charge < -0.3 is 4.74 Å². The van der Waals surface area contributed by atoms with Gasteiger partial charge in [0.05, 0.1) is 12.4 Å². The SMILES string of the molecule is O=S(=O)(F)CCCOc1ccc(Cl)cc1. The summed E-state index contributed by atoms with van der Waals surface area (Å²) in [6, 6.07) is 6.63. The molecule has 0 aliphatic heterocycles. The second-order valence-electron chi connectivity index (χ2n) is 2.90. The Morgan fingerprint density at radius 1 is 1.27 bits per heavy atom. The van der Waals surface area contributed by atoms with Gasteiger partial charge in [0, 0.05) is 5.02 Å². The first-order valence-electron chi connectivity index (χ1n) is 4.28. The van der Waals surface area contributed by atoms with E-state index in [1.165, 1.54) is 0 Å². The first-order valence-corrected chi connectivity index (χ1v) is 6.21. The first kappa shape index (κ1) is 12.3. The summed E-state index contributed by atoms with van der Waals surface area (Å²) in [5.41, 5.74) is 0. The zero-order valence-electron chi connectivity index (χ0n) is 7.82. The summed E-state index contributed by atoms with van der Waals surface area (Å²) in [6.07, 6.45) is 0.126. The van der Waals surface area contributed by atoms with Crippen LogP contribution in [0.4, 0.5) is 3.89 Å². The molecule has 0 aromatic heterocycles. The van der Waals surface area contributed by atoms with Gasteiger partial charge >= 0.3 is 10.2 Å². The van der Waals surface area contributed by atoms with Gasteiger partial charge in [-0.25, -0.2) is 0 Å². The summed E-state index contributed by atoms with van der Waals surface area (Å²) < 4.78 is 37.5. The van der Waals surface area contributed by atoms with Crippen molar-refractivity contribution < 1.29 is 17.0 Å². The molecule has 0 saturated carbocycles. The maximum Gasteiger partial charge on any atom is 0.302 e. The van der Waals surface area contributed by atoms with Crippen molar-refractivity contribution >= 4 is 21.8 Å². The topological polar surface area (TPSA) is 43.4 Å². The Balaban J connectivity index is 2.29. The molecule has 0 saturated heterocycles. The zero-order valence-corrected chi connectivity index (χ0v) is 9.39. The molecule has 0 N–H and O–H groups in total. The summed E-state index contributed by atoms with van der Waals surface area (Å²) in [5, 5.41) is 0.591. The Morgan fingerprint density at radius 2 is 1.87 bits per heavy atom. The van der Waals surface area contributed by atoms with Gasteiger partial charge in [-0.15, -0.1) is 3.89 Å². The highest BCUT2D eigenvalue weighted by atomic mass is 35.5. The first-order chi connectivity index (χ1) is 6.97. The van der Waals surface area contributed by atoms with E-state index < -0.39 is 16.0 Å². The van der Waals surface area contributed by atoms with Crippen LogP contribution in [0.15, 0.2) is 24.3 Å². The number of hydrogen-bond acceptors (Lipinski definition) is 3. The summed E-state index contributed by atoms with van der Waals surface area (Å²) in [6.45, 7) is 0.158. The van der Waals surface area contributed by atoms with Crippen molar-refractivity contribution in [3.63, 3.8) is 0 Å². The fraction of sp³-hybridized carbons (Fsp3) is 0.333. The van der Waals surface area contributed by atoms with Gasteiger partial charge in [0.25, 0.3) is 0 Å². The average molecular weight is 253 g/mol. The quantitative estimate of drug-likeness (QED) is 0.597. The van der Waals surface area contributed by atoms with Gasteiger partial charge in [-0.2, -0.15) is 8.42 Å². The van der Waals surface area contributed by atoms with Gasteiger partial charge in [-0.3, -0.25) is 0 Å². The molecule has 15 heavy (non-hydrogen) atoms. The molecule has 3 nitrogen and oxygen atoms in total. The Labute approximate surface area is 93.0 Å². The third-order valence-corrected chi connectivity index (χ3v) is 2.64. The number of rotatable bonds is 5. The highest BCUT2D eigenvalue weighted by Crippen LogP contribution is 2.15. The number of ether oxygens (including phenoxy) is 1. The molecule has 1 aromatic rings. The van der Waals surface area contributed by atoms with E-state index in [1.54, 1.807) is 24.3 Å². The van der Waals surface area contributed by atoms with E-state index in [0.29, 0.717) is 10.8 Å². The Bertz CT molecular complexity index is 402. The van der Waals surface area contributed by atoms with Gasteiger partial charge in [0.1, 0.15) is 5.75 Å². The van der Waals surface area contributed by atoms with Crippen LogP contribution in [0.5, 0.6) is 5.75 Å². The minimum absolute atomic E-state index is 0.126. The van der Waals surface area contributed by atoms with Gasteiger partial charge in [-0.1, -0.05) is 11.6 Å². The van der Waals surface area contributed by atoms with Gasteiger partial charge in [0.15, 0.2) is 0 Å². The molecule has 0 bridgehead atoms. The third kappa shape index (κ3) is 5.59. The van der Waals surface area contributed by atoms with Crippen LogP contribution >= 0.6 is 11.6 Å². The molecule has 0 spiro atoms. The van der Waals surface area contributed by atoms with Crippen molar-refractivity contribution in [1.29, 1.82) is 0 Å². The maximum atomic E-state index is 12.1. The molecule has 0 aliphatic rings. The van der Waals surface area contributed by atoms with Crippen LogP contribution in [0.1, 0.15) is 6.42 Å². The molecule has 84 valence electrons. The highest BCUT2D eigenvalue weighted by Gasteiger charge is 2.06. The van der Waals surface area contributed by atoms with E-state index in [1.807, 2.05) is 0 Å². The fourth-order valence-electron chi connectivity index (χ4n) is 0.952. The lowest BCUT2D eigenvalue weighted by atomic mass is 10.3. The predicted molar refractivity (Wildman–Crippen MR) is 56.5 cm³/mol. The summed E-state index contributed by atoms with van der Waals surface area (Å²) in [5.74, 6) is 0.0660. The zero-order chi connectivity index (χ0) is 11.3. The predicted octanol–water partition coefficient (Wildman–Crippen LogP) is 2.41. The van der Waals surface area contributed by atoms with E-state index in [-0.39, 0.29) is 13.0 Å². The molecule has 0 heterocycles. The van der Waals surface area contributed by atoms with Crippen molar-refractivity contribution in [3.05, 3.63) is 29.3 Å². The van der Waals surface area contributed by atoms with Crippen LogP contribution in [0.3, 0.4) is 0 Å². The van der Waals surface area contributed by atoms with E-state index in [2.05, 4.69) is 0 Å². The van der Waals surface area contributed by atoms with Crippen molar-refractivity contribution in [1.82, 2.24) is 0 Å². The Morgan fingerprint density at radius 3 is 2.40 bits per heavy atom. The van der Waals surface area contributed by atoms with Gasteiger partial charge in [-0.05, 0) is 30.7 Å². The lowest BCUT2D eigenvalue weighted by molar-refractivity contribution is 0.317. The largest absolute Gasteiger partial charge is 0.494 e. The normalized spacial score (nSPS) is 11.3. The van der Waals surface area contributed by atoms with Crippen molar-refractivity contribution in [2.24, 2.45) is 0 Å². The molecular weight excluding hydrogens is 243 g/mol. The summed E-state index contributed by atoms with van der Waals surface area (Å²) in [7, 11) is -4.39. The lowest BCUT2D eigenvalue weighted by Gasteiger charge is -2.04. The van der Waals surface area contributed by atoms with Crippen molar-refractivity contribution in [3.8, 4) is 5.75 Å². The summed E-state index contributed by atoms with van der Waals surface area (Å²) >= 11 is 5.65. The van der Waals surface area contributed by atoms with Crippen LogP contribution in [0.25, 0.3) is 0 Å². The standard InChI is InChI=1S/C9H10ClFO3S/c10-8-2-4-9(5-3-8)14-6-1-7-15(11,12)13/h2-5H,1,6-7H2. The molecule has 1 rings (SSSR count). The second kappa shape index (κ2) is 5.32. The van der Waals surface area contributed by atoms with Crippen LogP contribution in [0, 0.1) is 0 Å². The van der Waals surface area contributed by atoms with Crippen molar-refractivity contribution in [2.45, 2.75) is 6.42 Å². The fourth-order valence-corrected chi connectivity index (χ4v) is 1.54. The van der Waals surface area contributed by atoms with Crippen LogP contribution in [0.2, 0.25) is 5.02 Å². The highest BCUT2D eigenvalue weighted by molar-refractivity contribution is 7.86. The minimum Gasteiger partial charge on any atom is -0.494 e. The molecular formula is C9H10ClFO3S. The van der Waals surface area contributed by atoms with Crippen molar-refractivity contribution in [2.75, 3.05) is 12.4 Å². The molecule has 0 amide bonds. The van der Waals surface area contributed by atoms with Crippen LogP contribution in [-0.2, 0) is 10.2 Å². The molecule has 0 unspecified atom stereocenters. The minimum atomic E-state index is -4.39. The average Bonchev–Trinajstić information content (AvgIpc) is 2.14. The Kier molecular flexibility index (Phi) is 4.35. The monoisotopic (exact) mass is 252 g/mol. The van der Waals surface area contributed by atoms with Crippen LogP contribution in [-0.4, -0.2) is 20.8 Å². The van der Waals surface area contributed by atoms with E-state index in [4.69, 9.17) is 16.3 Å². The van der Waals surface area contributed by atoms with Crippen LogP contribution < -0.4 is 4.74 Å². The molecule has 0 fully saturated rings. The van der Waals surface area contributed by atoms with E-state index >= 15 is 0 Å². The Hall–Kier alpha value is -0.810. The second-order valence-corrected chi connectivity index (χ2v) is 4.82. The van der Waals surface area contributed by atoms with E-state index in [0.717, 1.165) is 0 Å². The van der Waals surface area contributed by atoms with Gasteiger partial charge in [0.2, 0.25) is 0 Å². The number of benzene rings is 1. The third-order valence-electron chi connectivity index (χ3n) is 1.61. The number of hydrogen-bond donors (Lipinski definition) is 0. The number of halogens is 2.